The minimum atomic E-state index is -0.00907. The molecule has 13 heavy (non-hydrogen) atoms. The summed E-state index contributed by atoms with van der Waals surface area (Å²) < 4.78 is 0. The average molecular weight is 184 g/mol. The van der Waals surface area contributed by atoms with Gasteiger partial charge in [-0.2, -0.15) is 0 Å². The van der Waals surface area contributed by atoms with E-state index in [9.17, 15) is 9.59 Å². The van der Waals surface area contributed by atoms with Crippen LogP contribution in [0.3, 0.4) is 0 Å². The molecule has 0 radical (unpaired) electrons. The Bertz CT molecular complexity index is 226. The molecule has 1 saturated heterocycles. The van der Waals surface area contributed by atoms with Crippen LogP contribution in [0, 0.1) is 0 Å². The first kappa shape index (κ1) is 10.0. The molecule has 0 saturated carbocycles. The zero-order valence-corrected chi connectivity index (χ0v) is 8.41. The van der Waals surface area contributed by atoms with Crippen LogP contribution in [0.1, 0.15) is 20.8 Å². The lowest BCUT2D eigenvalue weighted by molar-refractivity contribution is -0.117. The molecule has 74 valence electrons. The van der Waals surface area contributed by atoms with Crippen LogP contribution in [-0.4, -0.2) is 47.3 Å². The fraction of sp³-hybridized carbons (Fsp3) is 0.778. The zero-order valence-electron chi connectivity index (χ0n) is 8.41. The van der Waals surface area contributed by atoms with E-state index in [1.165, 1.54) is 6.92 Å². The van der Waals surface area contributed by atoms with E-state index in [-0.39, 0.29) is 24.4 Å². The van der Waals surface area contributed by atoms with Gasteiger partial charge in [-0.3, -0.25) is 4.79 Å². The number of urea groups is 1. The summed E-state index contributed by atoms with van der Waals surface area (Å²) in [6.45, 7) is 7.14. The Hall–Kier alpha value is -1.06. The molecule has 0 atom stereocenters. The van der Waals surface area contributed by atoms with E-state index < -0.39 is 0 Å². The molecular weight excluding hydrogens is 168 g/mol. The molecule has 0 aromatic rings. The van der Waals surface area contributed by atoms with E-state index in [0.29, 0.717) is 6.54 Å². The molecule has 1 rings (SSSR count). The van der Waals surface area contributed by atoms with Gasteiger partial charge in [-0.05, 0) is 20.8 Å². The lowest BCUT2D eigenvalue weighted by Crippen LogP contribution is -2.37. The highest BCUT2D eigenvalue weighted by molar-refractivity contribution is 5.85. The van der Waals surface area contributed by atoms with Crippen LogP contribution in [0.15, 0.2) is 0 Å². The van der Waals surface area contributed by atoms with E-state index in [4.69, 9.17) is 0 Å². The van der Waals surface area contributed by atoms with Crippen molar-refractivity contribution >= 4 is 11.8 Å². The first-order valence-corrected chi connectivity index (χ1v) is 4.57. The van der Waals surface area contributed by atoms with Crippen molar-refractivity contribution in [3.05, 3.63) is 0 Å². The second kappa shape index (κ2) is 3.77. The predicted octanol–water partition coefficient (Wildman–Crippen LogP) is 0.721. The Morgan fingerprint density at radius 3 is 2.46 bits per heavy atom. The molecule has 0 aromatic carbocycles. The monoisotopic (exact) mass is 184 g/mol. The standard InChI is InChI=1S/C9H16N2O2/c1-7(2)11-5-4-10(9(11)13)6-8(3)12/h7H,4-6H2,1-3H3. The Kier molecular flexibility index (Phi) is 2.90. The molecule has 0 aliphatic carbocycles. The molecule has 2 amide bonds. The van der Waals surface area contributed by atoms with Gasteiger partial charge < -0.3 is 9.80 Å². The van der Waals surface area contributed by atoms with Crippen molar-refractivity contribution < 1.29 is 9.59 Å². The summed E-state index contributed by atoms with van der Waals surface area (Å²) in [4.78, 5) is 25.8. The van der Waals surface area contributed by atoms with E-state index in [0.717, 1.165) is 6.54 Å². The lowest BCUT2D eigenvalue weighted by Gasteiger charge is -2.20. The molecular formula is C9H16N2O2. The van der Waals surface area contributed by atoms with E-state index in [1.807, 2.05) is 13.8 Å². The summed E-state index contributed by atoms with van der Waals surface area (Å²) in [6.07, 6.45) is 0. The van der Waals surface area contributed by atoms with Gasteiger partial charge in [0, 0.05) is 19.1 Å². The summed E-state index contributed by atoms with van der Waals surface area (Å²) in [5, 5.41) is 0. The van der Waals surface area contributed by atoms with Gasteiger partial charge in [0.1, 0.15) is 5.78 Å². The van der Waals surface area contributed by atoms with Crippen LogP contribution >= 0.6 is 0 Å². The number of Topliss-reactive ketones (excluding diaryl/α,β-unsaturated/α-hetero) is 1. The van der Waals surface area contributed by atoms with Crippen molar-refractivity contribution in [1.82, 2.24) is 9.80 Å². The highest BCUT2D eigenvalue weighted by Crippen LogP contribution is 2.11. The molecule has 0 spiro atoms. The Balaban J connectivity index is 2.55. The summed E-state index contributed by atoms with van der Waals surface area (Å²) in [5.41, 5.74) is 0. The molecule has 1 aliphatic rings. The van der Waals surface area contributed by atoms with Crippen LogP contribution in [0.4, 0.5) is 4.79 Å². The van der Waals surface area contributed by atoms with E-state index in [2.05, 4.69) is 0 Å². The fourth-order valence-corrected chi connectivity index (χ4v) is 1.50. The first-order valence-electron chi connectivity index (χ1n) is 4.57. The minimum Gasteiger partial charge on any atom is -0.320 e. The normalized spacial score (nSPS) is 17.4. The maximum atomic E-state index is 11.6. The summed E-state index contributed by atoms with van der Waals surface area (Å²) in [6, 6.07) is 0.217. The predicted molar refractivity (Wildman–Crippen MR) is 49.5 cm³/mol. The molecule has 1 heterocycles. The van der Waals surface area contributed by atoms with Gasteiger partial charge in [0.2, 0.25) is 0 Å². The van der Waals surface area contributed by atoms with Gasteiger partial charge in [-0.25, -0.2) is 4.79 Å². The van der Waals surface area contributed by atoms with Crippen LogP contribution in [0.5, 0.6) is 0 Å². The topological polar surface area (TPSA) is 40.6 Å². The molecule has 0 unspecified atom stereocenters. The number of nitrogens with zero attached hydrogens (tertiary/aromatic N) is 2. The molecule has 0 bridgehead atoms. The third-order valence-electron chi connectivity index (χ3n) is 2.16. The fourth-order valence-electron chi connectivity index (χ4n) is 1.50. The van der Waals surface area contributed by atoms with Crippen molar-refractivity contribution in [2.45, 2.75) is 26.8 Å². The molecule has 4 nitrogen and oxygen atoms in total. The first-order chi connectivity index (χ1) is 6.02. The van der Waals surface area contributed by atoms with Crippen LogP contribution in [0.25, 0.3) is 0 Å². The largest absolute Gasteiger partial charge is 0.320 e. The number of rotatable bonds is 3. The zero-order chi connectivity index (χ0) is 10.0. The van der Waals surface area contributed by atoms with Gasteiger partial charge in [-0.1, -0.05) is 0 Å². The Labute approximate surface area is 78.5 Å². The Morgan fingerprint density at radius 1 is 1.46 bits per heavy atom. The third-order valence-corrected chi connectivity index (χ3v) is 2.16. The number of hydrogen-bond acceptors (Lipinski definition) is 2. The SMILES string of the molecule is CC(=O)CN1CCN(C(C)C)C1=O. The van der Waals surface area contributed by atoms with E-state index in [1.54, 1.807) is 9.80 Å². The van der Waals surface area contributed by atoms with Gasteiger partial charge in [0.15, 0.2) is 0 Å². The second-order valence-electron chi connectivity index (χ2n) is 3.69. The van der Waals surface area contributed by atoms with Gasteiger partial charge in [-0.15, -0.1) is 0 Å². The maximum absolute atomic E-state index is 11.6. The summed E-state index contributed by atoms with van der Waals surface area (Å²) >= 11 is 0. The summed E-state index contributed by atoms with van der Waals surface area (Å²) in [7, 11) is 0. The number of carbonyl (C=O) groups is 2. The number of ketones is 1. The smallest absolute Gasteiger partial charge is 0.320 e. The highest BCUT2D eigenvalue weighted by atomic mass is 16.2. The van der Waals surface area contributed by atoms with Crippen LogP contribution < -0.4 is 0 Å². The van der Waals surface area contributed by atoms with Crippen molar-refractivity contribution in [2.75, 3.05) is 19.6 Å². The Morgan fingerprint density at radius 2 is 2.08 bits per heavy atom. The number of carbonyl (C=O) groups excluding carboxylic acids is 2. The van der Waals surface area contributed by atoms with E-state index >= 15 is 0 Å². The lowest BCUT2D eigenvalue weighted by atomic mass is 10.3. The van der Waals surface area contributed by atoms with Crippen molar-refractivity contribution in [2.24, 2.45) is 0 Å². The highest BCUT2D eigenvalue weighted by Gasteiger charge is 2.30. The van der Waals surface area contributed by atoms with Crippen LogP contribution in [0.2, 0.25) is 0 Å². The molecule has 1 fully saturated rings. The van der Waals surface area contributed by atoms with Crippen molar-refractivity contribution in [3.63, 3.8) is 0 Å². The molecule has 4 heteroatoms. The third kappa shape index (κ3) is 2.20. The number of amides is 2. The molecule has 0 N–H and O–H groups in total. The minimum absolute atomic E-state index is 0.00907. The maximum Gasteiger partial charge on any atom is 0.320 e. The van der Waals surface area contributed by atoms with Crippen molar-refractivity contribution in [3.8, 4) is 0 Å². The van der Waals surface area contributed by atoms with Crippen LogP contribution in [-0.2, 0) is 4.79 Å². The van der Waals surface area contributed by atoms with Crippen molar-refractivity contribution in [1.29, 1.82) is 0 Å². The molecule has 1 aliphatic heterocycles. The van der Waals surface area contributed by atoms with Gasteiger partial charge >= 0.3 is 6.03 Å². The van der Waals surface area contributed by atoms with Gasteiger partial charge in [0.25, 0.3) is 0 Å². The average Bonchev–Trinajstić information content (AvgIpc) is 2.32. The van der Waals surface area contributed by atoms with Gasteiger partial charge in [0.05, 0.1) is 6.54 Å². The number of hydrogen-bond donors (Lipinski definition) is 0. The summed E-state index contributed by atoms with van der Waals surface area (Å²) in [5.74, 6) is 0.0407. The second-order valence-corrected chi connectivity index (χ2v) is 3.69. The molecule has 0 aromatic heterocycles. The quantitative estimate of drug-likeness (QED) is 0.648.